The van der Waals surface area contributed by atoms with E-state index in [0.717, 1.165) is 19.4 Å². The van der Waals surface area contributed by atoms with Crippen LogP contribution in [0.15, 0.2) is 11.3 Å². The number of allylic oxidation sites excluding steroid dienone is 2. The number of hydrogen-bond donors (Lipinski definition) is 0. The lowest BCUT2D eigenvalue weighted by atomic mass is 9.89. The molecule has 0 radical (unpaired) electrons. The number of Topliss-reactive ketones (excluding diaryl/α,β-unsaturated/α-hetero) is 1. The van der Waals surface area contributed by atoms with Gasteiger partial charge in [0.2, 0.25) is 0 Å². The molecule has 0 aromatic heterocycles. The molecule has 0 heterocycles. The number of rotatable bonds is 6. The number of carbonyl (C=O) groups excluding carboxylic acids is 1. The molecule has 0 saturated heterocycles. The maximum Gasteiger partial charge on any atom is 0.149 e. The van der Waals surface area contributed by atoms with Crippen molar-refractivity contribution in [2.75, 3.05) is 13.1 Å². The first-order chi connectivity index (χ1) is 7.19. The lowest BCUT2D eigenvalue weighted by Crippen LogP contribution is -2.30. The van der Waals surface area contributed by atoms with Crippen molar-refractivity contribution >= 4 is 5.78 Å². The molecule has 0 aromatic carbocycles. The highest BCUT2D eigenvalue weighted by atomic mass is 16.1. The van der Waals surface area contributed by atoms with Gasteiger partial charge >= 0.3 is 0 Å². The first-order valence-electron chi connectivity index (χ1n) is 6.14. The average molecular weight is 209 g/mol. The summed E-state index contributed by atoms with van der Waals surface area (Å²) in [6.45, 7) is 7.67. The second-order valence-corrected chi connectivity index (χ2v) is 4.38. The Hall–Kier alpha value is -0.790. The molecule has 0 aromatic rings. The summed E-state index contributed by atoms with van der Waals surface area (Å²) in [6, 6.07) is 0. The molecule has 0 unspecified atom stereocenters. The number of hydrogen-bond acceptors (Lipinski definition) is 2. The van der Waals surface area contributed by atoms with E-state index >= 15 is 0 Å². The van der Waals surface area contributed by atoms with Gasteiger partial charge in [0.15, 0.2) is 0 Å². The van der Waals surface area contributed by atoms with Crippen LogP contribution < -0.4 is 0 Å². The minimum Gasteiger partial charge on any atom is -0.368 e. The Morgan fingerprint density at radius 3 is 2.33 bits per heavy atom. The first-order valence-corrected chi connectivity index (χ1v) is 6.14. The minimum atomic E-state index is 0.273. The molecule has 1 rings (SSSR count). The number of nitrogens with zero attached hydrogens (tertiary/aromatic N) is 1. The summed E-state index contributed by atoms with van der Waals surface area (Å²) in [5, 5.41) is 0. The van der Waals surface area contributed by atoms with Gasteiger partial charge in [-0.1, -0.05) is 19.4 Å². The third kappa shape index (κ3) is 3.37. The van der Waals surface area contributed by atoms with Crippen molar-refractivity contribution in [3.8, 4) is 0 Å². The highest BCUT2D eigenvalue weighted by Crippen LogP contribution is 2.31. The molecule has 0 spiro atoms. The van der Waals surface area contributed by atoms with Gasteiger partial charge in [-0.3, -0.25) is 4.79 Å². The summed E-state index contributed by atoms with van der Waals surface area (Å²) in [4.78, 5) is 13.5. The molecular formula is C13H23NO. The van der Waals surface area contributed by atoms with Gasteiger partial charge in [-0.05, 0) is 39.0 Å². The molecule has 1 aliphatic rings. The fourth-order valence-electron chi connectivity index (χ4n) is 2.19. The lowest BCUT2D eigenvalue weighted by molar-refractivity contribution is -0.117. The average Bonchev–Trinajstić information content (AvgIpc) is 2.09. The molecule has 2 heteroatoms. The molecule has 2 nitrogen and oxygen atoms in total. The Kier molecular flexibility index (Phi) is 4.86. The van der Waals surface area contributed by atoms with E-state index in [1.807, 2.05) is 0 Å². The van der Waals surface area contributed by atoms with Crippen molar-refractivity contribution in [3.05, 3.63) is 11.3 Å². The predicted octanol–water partition coefficient (Wildman–Crippen LogP) is 3.14. The van der Waals surface area contributed by atoms with Gasteiger partial charge in [0.05, 0.1) is 6.54 Å². The summed E-state index contributed by atoms with van der Waals surface area (Å²) in [5.41, 5.74) is 3.03. The third-order valence-corrected chi connectivity index (χ3v) is 2.99. The number of ketones is 1. The van der Waals surface area contributed by atoms with E-state index < -0.39 is 0 Å². The summed E-state index contributed by atoms with van der Waals surface area (Å²) in [7, 11) is 0. The van der Waals surface area contributed by atoms with E-state index in [1.54, 1.807) is 12.5 Å². The zero-order chi connectivity index (χ0) is 11.3. The van der Waals surface area contributed by atoms with Crippen molar-refractivity contribution in [1.82, 2.24) is 4.90 Å². The van der Waals surface area contributed by atoms with Gasteiger partial charge in [0.1, 0.15) is 5.78 Å². The van der Waals surface area contributed by atoms with Crippen LogP contribution in [-0.4, -0.2) is 23.8 Å². The molecule has 0 N–H and O–H groups in total. The normalized spacial score (nSPS) is 14.7. The summed E-state index contributed by atoms with van der Waals surface area (Å²) in [5.74, 6) is 0.273. The second kappa shape index (κ2) is 5.94. The van der Waals surface area contributed by atoms with Crippen LogP contribution in [0.4, 0.5) is 0 Å². The Labute approximate surface area is 93.3 Å². The molecule has 0 bridgehead atoms. The van der Waals surface area contributed by atoms with Gasteiger partial charge < -0.3 is 4.90 Å². The molecule has 1 aliphatic carbocycles. The van der Waals surface area contributed by atoms with E-state index in [4.69, 9.17) is 0 Å². The molecule has 0 amide bonds. The molecule has 0 aliphatic heterocycles. The maximum atomic E-state index is 11.2. The van der Waals surface area contributed by atoms with E-state index in [9.17, 15) is 4.79 Å². The monoisotopic (exact) mass is 209 g/mol. The minimum absolute atomic E-state index is 0.273. The molecule has 86 valence electrons. The quantitative estimate of drug-likeness (QED) is 0.670. The topological polar surface area (TPSA) is 20.3 Å². The van der Waals surface area contributed by atoms with Gasteiger partial charge in [0.25, 0.3) is 0 Å². The molecule has 1 fully saturated rings. The fourth-order valence-corrected chi connectivity index (χ4v) is 2.19. The van der Waals surface area contributed by atoms with Crippen molar-refractivity contribution < 1.29 is 4.79 Å². The zero-order valence-electron chi connectivity index (χ0n) is 10.3. The van der Waals surface area contributed by atoms with Crippen LogP contribution in [0.2, 0.25) is 0 Å². The predicted molar refractivity (Wildman–Crippen MR) is 63.7 cm³/mol. The zero-order valence-corrected chi connectivity index (χ0v) is 10.3. The van der Waals surface area contributed by atoms with Gasteiger partial charge in [0, 0.05) is 12.2 Å². The second-order valence-electron chi connectivity index (χ2n) is 4.38. The Morgan fingerprint density at radius 1 is 1.33 bits per heavy atom. The standard InChI is InChI=1S/C13H23NO/c1-4-9-14(10-11(3)15)13(5-2)12-7-6-8-12/h4-10H2,1-3H3. The summed E-state index contributed by atoms with van der Waals surface area (Å²) >= 11 is 0. The smallest absolute Gasteiger partial charge is 0.149 e. The first kappa shape index (κ1) is 12.3. The molecule has 15 heavy (non-hydrogen) atoms. The largest absolute Gasteiger partial charge is 0.368 e. The molecule has 1 saturated carbocycles. The summed E-state index contributed by atoms with van der Waals surface area (Å²) < 4.78 is 0. The highest BCUT2D eigenvalue weighted by Gasteiger charge is 2.18. The van der Waals surface area contributed by atoms with E-state index in [1.165, 1.54) is 25.0 Å². The van der Waals surface area contributed by atoms with Crippen molar-refractivity contribution in [2.45, 2.75) is 52.9 Å². The SMILES string of the molecule is CCCN(CC(C)=O)C(CC)=C1CCC1. The van der Waals surface area contributed by atoms with E-state index in [2.05, 4.69) is 18.7 Å². The van der Waals surface area contributed by atoms with Crippen LogP contribution in [-0.2, 0) is 4.79 Å². The van der Waals surface area contributed by atoms with Gasteiger partial charge in [-0.2, -0.15) is 0 Å². The maximum absolute atomic E-state index is 11.2. The van der Waals surface area contributed by atoms with Gasteiger partial charge in [-0.15, -0.1) is 0 Å². The van der Waals surface area contributed by atoms with Crippen molar-refractivity contribution in [3.63, 3.8) is 0 Å². The Bertz CT molecular complexity index is 249. The number of carbonyl (C=O) groups is 1. The van der Waals surface area contributed by atoms with Crippen LogP contribution in [0.5, 0.6) is 0 Å². The van der Waals surface area contributed by atoms with Crippen LogP contribution >= 0.6 is 0 Å². The van der Waals surface area contributed by atoms with Crippen molar-refractivity contribution in [2.24, 2.45) is 0 Å². The van der Waals surface area contributed by atoms with Gasteiger partial charge in [-0.25, -0.2) is 0 Å². The van der Waals surface area contributed by atoms with Crippen LogP contribution in [0.3, 0.4) is 0 Å². The summed E-state index contributed by atoms with van der Waals surface area (Å²) in [6.07, 6.45) is 6.02. The van der Waals surface area contributed by atoms with Crippen LogP contribution in [0, 0.1) is 0 Å². The van der Waals surface area contributed by atoms with E-state index in [0.29, 0.717) is 6.54 Å². The Balaban J connectivity index is 2.71. The fraction of sp³-hybridized carbons (Fsp3) is 0.769. The van der Waals surface area contributed by atoms with Crippen LogP contribution in [0.25, 0.3) is 0 Å². The lowest BCUT2D eigenvalue weighted by Gasteiger charge is -2.31. The van der Waals surface area contributed by atoms with E-state index in [-0.39, 0.29) is 5.78 Å². The molecular weight excluding hydrogens is 186 g/mol. The molecule has 0 atom stereocenters. The third-order valence-electron chi connectivity index (χ3n) is 2.99. The highest BCUT2D eigenvalue weighted by molar-refractivity contribution is 5.77. The van der Waals surface area contributed by atoms with Crippen molar-refractivity contribution in [1.29, 1.82) is 0 Å². The Morgan fingerprint density at radius 2 is 2.00 bits per heavy atom. The van der Waals surface area contributed by atoms with Crippen LogP contribution in [0.1, 0.15) is 52.9 Å².